The Bertz CT molecular complexity index is 486. The summed E-state index contributed by atoms with van der Waals surface area (Å²) in [5, 5.41) is 13.7. The molecule has 2 aromatic heterocycles. The van der Waals surface area contributed by atoms with E-state index in [2.05, 4.69) is 10.1 Å². The highest BCUT2D eigenvalue weighted by molar-refractivity contribution is 5.40. The molecule has 4 heteroatoms. The molecule has 2 heterocycles. The number of aromatic hydroxyl groups is 1. The van der Waals surface area contributed by atoms with Crippen LogP contribution in [-0.2, 0) is 0 Å². The molecule has 0 spiro atoms. The van der Waals surface area contributed by atoms with Gasteiger partial charge >= 0.3 is 0 Å². The molecule has 0 aliphatic heterocycles. The van der Waals surface area contributed by atoms with Crippen LogP contribution in [0.5, 0.6) is 5.75 Å². The fourth-order valence-corrected chi connectivity index (χ4v) is 2.25. The van der Waals surface area contributed by atoms with Gasteiger partial charge in [-0.05, 0) is 25.0 Å². The van der Waals surface area contributed by atoms with Crippen LogP contribution in [0.2, 0.25) is 0 Å². The van der Waals surface area contributed by atoms with Crippen molar-refractivity contribution < 1.29 is 5.11 Å². The first-order chi connectivity index (χ1) is 7.33. The molecule has 0 amide bonds. The molecule has 0 aromatic carbocycles. The van der Waals surface area contributed by atoms with Crippen LogP contribution in [-0.4, -0.2) is 19.7 Å². The summed E-state index contributed by atoms with van der Waals surface area (Å²) >= 11 is 0. The number of hydrogen-bond donors (Lipinski definition) is 1. The average molecular weight is 203 g/mol. The Morgan fingerprint density at radius 1 is 1.27 bits per heavy atom. The van der Waals surface area contributed by atoms with E-state index in [0.717, 1.165) is 11.5 Å². The van der Waals surface area contributed by atoms with E-state index in [-0.39, 0.29) is 5.75 Å². The Morgan fingerprint density at radius 3 is 2.87 bits per heavy atom. The Labute approximate surface area is 87.6 Å². The minimum atomic E-state index is 0.227. The molecule has 0 atom stereocenters. The van der Waals surface area contributed by atoms with Crippen LogP contribution in [0.4, 0.5) is 0 Å². The number of fused-ring (bicyclic) bond motifs is 1. The lowest BCUT2D eigenvalue weighted by Crippen LogP contribution is -1.95. The number of pyridine rings is 1. The molecule has 0 bridgehead atoms. The summed E-state index contributed by atoms with van der Waals surface area (Å²) < 4.78 is 1.66. The number of rotatable bonds is 1. The van der Waals surface area contributed by atoms with Gasteiger partial charge in [0.15, 0.2) is 11.5 Å². The van der Waals surface area contributed by atoms with Gasteiger partial charge in [-0.2, -0.15) is 5.10 Å². The zero-order valence-corrected chi connectivity index (χ0v) is 8.43. The van der Waals surface area contributed by atoms with E-state index in [1.54, 1.807) is 22.8 Å². The molecule has 3 rings (SSSR count). The molecule has 78 valence electrons. The van der Waals surface area contributed by atoms with Crippen LogP contribution in [0.15, 0.2) is 18.3 Å². The van der Waals surface area contributed by atoms with Gasteiger partial charge in [-0.25, -0.2) is 9.50 Å². The fourth-order valence-electron chi connectivity index (χ4n) is 2.25. The number of hydrogen-bond acceptors (Lipinski definition) is 3. The Morgan fingerprint density at radius 2 is 2.07 bits per heavy atom. The molecule has 1 fully saturated rings. The third-order valence-electron chi connectivity index (χ3n) is 3.05. The topological polar surface area (TPSA) is 50.4 Å². The molecular weight excluding hydrogens is 190 g/mol. The van der Waals surface area contributed by atoms with Crippen molar-refractivity contribution in [2.24, 2.45) is 0 Å². The summed E-state index contributed by atoms with van der Waals surface area (Å²) in [6.07, 6.45) is 6.56. The third-order valence-corrected chi connectivity index (χ3v) is 3.05. The standard InChI is InChI=1S/C11H13N3O/c15-9-5-6-10-12-11(13-14(10)7-9)8-3-1-2-4-8/h5-8,15H,1-4H2. The Kier molecular flexibility index (Phi) is 1.87. The van der Waals surface area contributed by atoms with Crippen molar-refractivity contribution in [3.05, 3.63) is 24.2 Å². The predicted octanol–water partition coefficient (Wildman–Crippen LogP) is 2.09. The predicted molar refractivity (Wildman–Crippen MR) is 55.9 cm³/mol. The van der Waals surface area contributed by atoms with Crippen LogP contribution in [0.1, 0.15) is 37.4 Å². The van der Waals surface area contributed by atoms with E-state index in [4.69, 9.17) is 0 Å². The highest BCUT2D eigenvalue weighted by Gasteiger charge is 2.21. The normalized spacial score (nSPS) is 17.6. The van der Waals surface area contributed by atoms with Gasteiger partial charge in [0.2, 0.25) is 0 Å². The molecule has 0 unspecified atom stereocenters. The van der Waals surface area contributed by atoms with E-state index in [0.29, 0.717) is 5.92 Å². The monoisotopic (exact) mass is 203 g/mol. The van der Waals surface area contributed by atoms with Crippen LogP contribution in [0.3, 0.4) is 0 Å². The molecule has 1 aliphatic carbocycles. The summed E-state index contributed by atoms with van der Waals surface area (Å²) in [5.74, 6) is 1.68. The molecule has 2 aromatic rings. The molecular formula is C11H13N3O. The van der Waals surface area contributed by atoms with Crippen molar-refractivity contribution in [1.82, 2.24) is 14.6 Å². The van der Waals surface area contributed by atoms with Crippen LogP contribution in [0.25, 0.3) is 5.65 Å². The van der Waals surface area contributed by atoms with E-state index in [1.807, 2.05) is 0 Å². The second kappa shape index (κ2) is 3.22. The van der Waals surface area contributed by atoms with Crippen molar-refractivity contribution in [3.8, 4) is 5.75 Å². The fraction of sp³-hybridized carbons (Fsp3) is 0.455. The first-order valence-electron chi connectivity index (χ1n) is 5.38. The van der Waals surface area contributed by atoms with Gasteiger partial charge in [-0.3, -0.25) is 0 Å². The highest BCUT2D eigenvalue weighted by atomic mass is 16.3. The summed E-state index contributed by atoms with van der Waals surface area (Å²) in [5.41, 5.74) is 0.815. The molecule has 1 saturated carbocycles. The van der Waals surface area contributed by atoms with Crippen molar-refractivity contribution in [2.45, 2.75) is 31.6 Å². The minimum absolute atomic E-state index is 0.227. The van der Waals surface area contributed by atoms with Crippen LogP contribution >= 0.6 is 0 Å². The summed E-state index contributed by atoms with van der Waals surface area (Å²) in [4.78, 5) is 4.48. The molecule has 1 aliphatic rings. The third kappa shape index (κ3) is 1.46. The summed E-state index contributed by atoms with van der Waals surface area (Å²) in [7, 11) is 0. The van der Waals surface area contributed by atoms with E-state index in [1.165, 1.54) is 25.7 Å². The maximum atomic E-state index is 9.32. The summed E-state index contributed by atoms with van der Waals surface area (Å²) in [6.45, 7) is 0. The largest absolute Gasteiger partial charge is 0.506 e. The van der Waals surface area contributed by atoms with Gasteiger partial charge in [-0.15, -0.1) is 0 Å². The molecule has 0 radical (unpaired) electrons. The van der Waals surface area contributed by atoms with E-state index < -0.39 is 0 Å². The first kappa shape index (κ1) is 8.71. The highest BCUT2D eigenvalue weighted by Crippen LogP contribution is 2.32. The van der Waals surface area contributed by atoms with Gasteiger partial charge in [0.05, 0.1) is 6.20 Å². The zero-order valence-electron chi connectivity index (χ0n) is 8.43. The zero-order chi connectivity index (χ0) is 10.3. The Balaban J connectivity index is 2.05. The van der Waals surface area contributed by atoms with Crippen LogP contribution in [0, 0.1) is 0 Å². The molecule has 15 heavy (non-hydrogen) atoms. The van der Waals surface area contributed by atoms with Gasteiger partial charge < -0.3 is 5.11 Å². The second-order valence-electron chi connectivity index (χ2n) is 4.14. The van der Waals surface area contributed by atoms with Crippen molar-refractivity contribution in [2.75, 3.05) is 0 Å². The van der Waals surface area contributed by atoms with Crippen molar-refractivity contribution in [1.29, 1.82) is 0 Å². The van der Waals surface area contributed by atoms with E-state index >= 15 is 0 Å². The molecule has 4 nitrogen and oxygen atoms in total. The maximum Gasteiger partial charge on any atom is 0.155 e. The van der Waals surface area contributed by atoms with E-state index in [9.17, 15) is 5.11 Å². The van der Waals surface area contributed by atoms with Gasteiger partial charge in [0, 0.05) is 5.92 Å². The van der Waals surface area contributed by atoms with Gasteiger partial charge in [0.1, 0.15) is 5.75 Å². The van der Waals surface area contributed by atoms with Crippen LogP contribution < -0.4 is 0 Å². The number of nitrogens with zero attached hydrogens (tertiary/aromatic N) is 3. The molecule has 0 saturated heterocycles. The lowest BCUT2D eigenvalue weighted by atomic mass is 10.1. The Hall–Kier alpha value is -1.58. The van der Waals surface area contributed by atoms with Gasteiger partial charge in [-0.1, -0.05) is 12.8 Å². The smallest absolute Gasteiger partial charge is 0.155 e. The van der Waals surface area contributed by atoms with Crippen molar-refractivity contribution in [3.63, 3.8) is 0 Å². The number of aromatic nitrogens is 3. The van der Waals surface area contributed by atoms with Gasteiger partial charge in [0.25, 0.3) is 0 Å². The lowest BCUT2D eigenvalue weighted by Gasteiger charge is -2.00. The lowest BCUT2D eigenvalue weighted by molar-refractivity contribution is 0.470. The SMILES string of the molecule is Oc1ccc2nc(C3CCCC3)nn2c1. The average Bonchev–Trinajstić information content (AvgIpc) is 2.84. The quantitative estimate of drug-likeness (QED) is 0.772. The molecule has 1 N–H and O–H groups in total. The summed E-state index contributed by atoms with van der Waals surface area (Å²) in [6, 6.07) is 3.43. The first-order valence-corrected chi connectivity index (χ1v) is 5.38. The minimum Gasteiger partial charge on any atom is -0.506 e. The second-order valence-corrected chi connectivity index (χ2v) is 4.14. The van der Waals surface area contributed by atoms with Crippen molar-refractivity contribution >= 4 is 5.65 Å². The maximum absolute atomic E-state index is 9.32.